The molecule has 0 saturated heterocycles. The number of hydrogen-bond donors (Lipinski definition) is 1. The Kier molecular flexibility index (Phi) is 1.66. The van der Waals surface area contributed by atoms with E-state index in [1.165, 1.54) is 11.1 Å². The van der Waals surface area contributed by atoms with Crippen LogP contribution in [0.25, 0.3) is 0 Å². The van der Waals surface area contributed by atoms with Crippen molar-refractivity contribution >= 4 is 0 Å². The first-order chi connectivity index (χ1) is 5.36. The van der Waals surface area contributed by atoms with Gasteiger partial charge in [0.2, 0.25) is 0 Å². The second kappa shape index (κ2) is 2.67. The first kappa shape index (κ1) is 6.86. The molecule has 0 radical (unpaired) electrons. The van der Waals surface area contributed by atoms with Gasteiger partial charge in [-0.25, -0.2) is 0 Å². The van der Waals surface area contributed by atoms with Gasteiger partial charge < -0.3 is 5.11 Å². The summed E-state index contributed by atoms with van der Waals surface area (Å²) in [6, 6.07) is 8.37. The molecule has 0 aromatic heterocycles. The summed E-state index contributed by atoms with van der Waals surface area (Å²) in [4.78, 5) is 0. The fourth-order valence-corrected chi connectivity index (χ4v) is 1.68. The van der Waals surface area contributed by atoms with E-state index in [1.54, 1.807) is 0 Å². The molecule has 0 amide bonds. The molecule has 1 nitrogen and oxygen atoms in total. The maximum atomic E-state index is 9.36. The van der Waals surface area contributed by atoms with Gasteiger partial charge in [-0.15, -0.1) is 0 Å². The van der Waals surface area contributed by atoms with E-state index in [2.05, 4.69) is 18.2 Å². The number of hydrogen-bond acceptors (Lipinski definition) is 1. The number of rotatable bonds is 0. The molecule has 1 N–H and O–H groups in total. The van der Waals surface area contributed by atoms with E-state index in [0.29, 0.717) is 0 Å². The van der Waals surface area contributed by atoms with Crippen molar-refractivity contribution in [3.05, 3.63) is 35.4 Å². The minimum Gasteiger partial charge on any atom is -0.393 e. The number of benzene rings is 1. The molecule has 0 saturated carbocycles. The quantitative estimate of drug-likeness (QED) is 0.591. The highest BCUT2D eigenvalue weighted by Gasteiger charge is 2.14. The second-order valence-corrected chi connectivity index (χ2v) is 3.17. The summed E-state index contributed by atoms with van der Waals surface area (Å²) in [5.74, 6) is 0. The van der Waals surface area contributed by atoms with Crippen LogP contribution >= 0.6 is 0 Å². The Morgan fingerprint density at radius 3 is 2.73 bits per heavy atom. The van der Waals surface area contributed by atoms with Crippen molar-refractivity contribution in [3.8, 4) is 0 Å². The Morgan fingerprint density at radius 1 is 1.18 bits per heavy atom. The minimum atomic E-state index is -0.107. The van der Waals surface area contributed by atoms with Crippen LogP contribution in [-0.4, -0.2) is 11.2 Å². The molecular weight excluding hydrogens is 136 g/mol. The van der Waals surface area contributed by atoms with E-state index in [4.69, 9.17) is 0 Å². The Labute approximate surface area is 66.7 Å². The summed E-state index contributed by atoms with van der Waals surface area (Å²) in [6.07, 6.45) is 2.70. The van der Waals surface area contributed by atoms with Crippen molar-refractivity contribution in [3.63, 3.8) is 0 Å². The second-order valence-electron chi connectivity index (χ2n) is 3.17. The van der Waals surface area contributed by atoms with Gasteiger partial charge in [-0.05, 0) is 30.4 Å². The van der Waals surface area contributed by atoms with E-state index in [-0.39, 0.29) is 6.10 Å². The maximum Gasteiger partial charge on any atom is 0.0583 e. The molecule has 0 fully saturated rings. The Balaban J connectivity index is 2.34. The zero-order chi connectivity index (χ0) is 7.68. The van der Waals surface area contributed by atoms with Crippen molar-refractivity contribution in [2.75, 3.05) is 0 Å². The highest BCUT2D eigenvalue weighted by molar-refractivity contribution is 5.29. The Morgan fingerprint density at radius 2 is 1.91 bits per heavy atom. The summed E-state index contributed by atoms with van der Waals surface area (Å²) in [7, 11) is 0. The summed E-state index contributed by atoms with van der Waals surface area (Å²) >= 11 is 0. The third-order valence-electron chi connectivity index (χ3n) is 2.32. The van der Waals surface area contributed by atoms with E-state index >= 15 is 0 Å². The fraction of sp³-hybridized carbons (Fsp3) is 0.400. The van der Waals surface area contributed by atoms with Gasteiger partial charge in [0.1, 0.15) is 0 Å². The molecule has 2 rings (SSSR count). The summed E-state index contributed by atoms with van der Waals surface area (Å²) in [5, 5.41) is 9.36. The molecule has 0 heterocycles. The number of aliphatic hydroxyl groups is 1. The van der Waals surface area contributed by atoms with Gasteiger partial charge in [0.15, 0.2) is 0 Å². The zero-order valence-electron chi connectivity index (χ0n) is 6.46. The standard InChI is InChI=1S/C10H12O/c11-10-6-5-8-3-1-2-4-9(8)7-10/h1-4,10-11H,5-7H2/t10-/m0/s1. The van der Waals surface area contributed by atoms with Gasteiger partial charge in [-0.1, -0.05) is 24.3 Å². The molecule has 1 aromatic rings. The predicted molar refractivity (Wildman–Crippen MR) is 44.5 cm³/mol. The Hall–Kier alpha value is -0.820. The lowest BCUT2D eigenvalue weighted by atomic mass is 9.90. The average Bonchev–Trinajstić information content (AvgIpc) is 2.04. The molecule has 0 spiro atoms. The van der Waals surface area contributed by atoms with Crippen molar-refractivity contribution in [1.29, 1.82) is 0 Å². The average molecular weight is 148 g/mol. The van der Waals surface area contributed by atoms with Gasteiger partial charge in [-0.3, -0.25) is 0 Å². The maximum absolute atomic E-state index is 9.36. The van der Waals surface area contributed by atoms with Crippen molar-refractivity contribution < 1.29 is 5.11 Å². The molecular formula is C10H12O. The summed E-state index contributed by atoms with van der Waals surface area (Å²) in [6.45, 7) is 0. The lowest BCUT2D eigenvalue weighted by Gasteiger charge is -2.19. The molecule has 58 valence electrons. The summed E-state index contributed by atoms with van der Waals surface area (Å²) < 4.78 is 0. The first-order valence-corrected chi connectivity index (χ1v) is 4.11. The van der Waals surface area contributed by atoms with Gasteiger partial charge >= 0.3 is 0 Å². The van der Waals surface area contributed by atoms with Crippen molar-refractivity contribution in [1.82, 2.24) is 0 Å². The van der Waals surface area contributed by atoms with Crippen LogP contribution in [0.2, 0.25) is 0 Å². The zero-order valence-corrected chi connectivity index (χ0v) is 6.46. The van der Waals surface area contributed by atoms with Crippen LogP contribution in [0.5, 0.6) is 0 Å². The van der Waals surface area contributed by atoms with Gasteiger partial charge in [0.05, 0.1) is 6.10 Å². The van der Waals surface area contributed by atoms with Crippen LogP contribution in [0.1, 0.15) is 17.5 Å². The lowest BCUT2D eigenvalue weighted by Crippen LogP contribution is -2.18. The van der Waals surface area contributed by atoms with Crippen LogP contribution in [0.4, 0.5) is 0 Å². The minimum absolute atomic E-state index is 0.107. The molecule has 1 atom stereocenters. The van der Waals surface area contributed by atoms with Gasteiger partial charge in [0, 0.05) is 0 Å². The van der Waals surface area contributed by atoms with Crippen LogP contribution in [0.15, 0.2) is 24.3 Å². The Bertz CT molecular complexity index is 255. The monoisotopic (exact) mass is 148 g/mol. The first-order valence-electron chi connectivity index (χ1n) is 4.11. The van der Waals surface area contributed by atoms with Crippen molar-refractivity contribution in [2.45, 2.75) is 25.4 Å². The summed E-state index contributed by atoms with van der Waals surface area (Å²) in [5.41, 5.74) is 2.74. The number of aliphatic hydroxyl groups excluding tert-OH is 1. The normalized spacial score (nSPS) is 22.8. The van der Waals surface area contributed by atoms with Gasteiger partial charge in [-0.2, -0.15) is 0 Å². The third kappa shape index (κ3) is 1.29. The van der Waals surface area contributed by atoms with E-state index < -0.39 is 0 Å². The molecule has 1 heteroatoms. The van der Waals surface area contributed by atoms with E-state index in [1.807, 2.05) is 6.07 Å². The SMILES string of the molecule is O[C@H]1CCc2ccccc2C1. The molecule has 1 aromatic carbocycles. The topological polar surface area (TPSA) is 20.2 Å². The highest BCUT2D eigenvalue weighted by Crippen LogP contribution is 2.20. The molecule has 11 heavy (non-hydrogen) atoms. The molecule has 1 aliphatic carbocycles. The van der Waals surface area contributed by atoms with Crippen LogP contribution in [0, 0.1) is 0 Å². The predicted octanol–water partition coefficient (Wildman–Crippen LogP) is 1.54. The molecule has 1 aliphatic rings. The van der Waals surface area contributed by atoms with E-state index in [0.717, 1.165) is 19.3 Å². The smallest absolute Gasteiger partial charge is 0.0583 e. The lowest BCUT2D eigenvalue weighted by molar-refractivity contribution is 0.158. The third-order valence-corrected chi connectivity index (χ3v) is 2.32. The highest BCUT2D eigenvalue weighted by atomic mass is 16.3. The van der Waals surface area contributed by atoms with Crippen LogP contribution < -0.4 is 0 Å². The number of fused-ring (bicyclic) bond motifs is 1. The molecule has 0 aliphatic heterocycles. The van der Waals surface area contributed by atoms with Gasteiger partial charge in [0.25, 0.3) is 0 Å². The van der Waals surface area contributed by atoms with Crippen LogP contribution in [-0.2, 0) is 12.8 Å². The number of aryl methyl sites for hydroxylation is 1. The largest absolute Gasteiger partial charge is 0.393 e. The van der Waals surface area contributed by atoms with Crippen molar-refractivity contribution in [2.24, 2.45) is 0 Å². The molecule has 0 unspecified atom stereocenters. The van der Waals surface area contributed by atoms with Crippen LogP contribution in [0.3, 0.4) is 0 Å². The molecule has 0 bridgehead atoms. The van der Waals surface area contributed by atoms with E-state index in [9.17, 15) is 5.11 Å². The fourth-order valence-electron chi connectivity index (χ4n) is 1.68.